The number of carbonyl (C=O) groups excluding carboxylic acids is 1. The molecule has 0 saturated carbocycles. The maximum atomic E-state index is 11.4. The maximum Gasteiger partial charge on any atom is 0.250 e. The molecule has 1 aromatic carbocycles. The van der Waals surface area contributed by atoms with E-state index in [2.05, 4.69) is 13.8 Å². The summed E-state index contributed by atoms with van der Waals surface area (Å²) in [4.78, 5) is 11.4. The first-order valence-electron chi connectivity index (χ1n) is 7.02. The Bertz CT molecular complexity index is 455. The van der Waals surface area contributed by atoms with Crippen LogP contribution in [-0.4, -0.2) is 5.91 Å². The molecule has 0 bridgehead atoms. The van der Waals surface area contributed by atoms with Crippen LogP contribution in [0.3, 0.4) is 0 Å². The van der Waals surface area contributed by atoms with Crippen LogP contribution in [0.5, 0.6) is 0 Å². The Balaban J connectivity index is 3.24. The molecular formula is C15H25N3O. The van der Waals surface area contributed by atoms with Crippen molar-refractivity contribution in [1.82, 2.24) is 0 Å². The molecule has 4 nitrogen and oxygen atoms in total. The van der Waals surface area contributed by atoms with Gasteiger partial charge in [-0.1, -0.05) is 26.7 Å². The predicted octanol–water partition coefficient (Wildman–Crippen LogP) is 2.64. The molecule has 0 unspecified atom stereocenters. The predicted molar refractivity (Wildman–Crippen MR) is 81.0 cm³/mol. The number of unbranched alkanes of at least 4 members (excludes halogenated alkanes) is 2. The summed E-state index contributed by atoms with van der Waals surface area (Å²) in [5, 5.41) is 0. The third kappa shape index (κ3) is 3.63. The first-order valence-corrected chi connectivity index (χ1v) is 7.02. The Hall–Kier alpha value is -1.71. The minimum Gasteiger partial charge on any atom is -0.397 e. The number of carbonyl (C=O) groups is 1. The lowest BCUT2D eigenvalue weighted by atomic mass is 9.92. The number of rotatable bonds is 7. The summed E-state index contributed by atoms with van der Waals surface area (Å²) in [6.45, 7) is 4.28. The minimum atomic E-state index is -0.510. The van der Waals surface area contributed by atoms with Crippen molar-refractivity contribution in [2.45, 2.75) is 52.4 Å². The molecule has 0 spiro atoms. The van der Waals surface area contributed by atoms with Crippen LogP contribution in [-0.2, 0) is 12.8 Å². The van der Waals surface area contributed by atoms with Gasteiger partial charge in [-0.25, -0.2) is 0 Å². The van der Waals surface area contributed by atoms with Crippen LogP contribution in [0.15, 0.2) is 6.07 Å². The second kappa shape index (κ2) is 7.02. The van der Waals surface area contributed by atoms with Crippen molar-refractivity contribution in [2.24, 2.45) is 5.73 Å². The van der Waals surface area contributed by atoms with E-state index in [4.69, 9.17) is 17.2 Å². The topological polar surface area (TPSA) is 95.1 Å². The monoisotopic (exact) mass is 263 g/mol. The van der Waals surface area contributed by atoms with Crippen molar-refractivity contribution in [2.75, 3.05) is 11.5 Å². The lowest BCUT2D eigenvalue weighted by molar-refractivity contribution is 0.100. The number of nitrogen functional groups attached to an aromatic ring is 2. The van der Waals surface area contributed by atoms with Gasteiger partial charge in [0.25, 0.3) is 5.91 Å². The second-order valence-electron chi connectivity index (χ2n) is 4.96. The van der Waals surface area contributed by atoms with Gasteiger partial charge in [0.2, 0.25) is 0 Å². The van der Waals surface area contributed by atoms with E-state index in [1.54, 1.807) is 0 Å². The summed E-state index contributed by atoms with van der Waals surface area (Å²) in [7, 11) is 0. The van der Waals surface area contributed by atoms with Gasteiger partial charge < -0.3 is 17.2 Å². The molecular weight excluding hydrogens is 238 g/mol. The number of amides is 1. The first-order chi connectivity index (χ1) is 9.02. The quantitative estimate of drug-likeness (QED) is 0.660. The van der Waals surface area contributed by atoms with Crippen LogP contribution in [0.1, 0.15) is 61.0 Å². The van der Waals surface area contributed by atoms with Crippen LogP contribution in [0.2, 0.25) is 0 Å². The smallest absolute Gasteiger partial charge is 0.250 e. The summed E-state index contributed by atoms with van der Waals surface area (Å²) >= 11 is 0. The van der Waals surface area contributed by atoms with E-state index in [-0.39, 0.29) is 0 Å². The summed E-state index contributed by atoms with van der Waals surface area (Å²) in [5.74, 6) is -0.510. The summed E-state index contributed by atoms with van der Waals surface area (Å²) in [5.41, 5.74) is 20.8. The van der Waals surface area contributed by atoms with E-state index in [9.17, 15) is 4.79 Å². The lowest BCUT2D eigenvalue weighted by Gasteiger charge is -2.16. The van der Waals surface area contributed by atoms with E-state index >= 15 is 0 Å². The normalized spacial score (nSPS) is 10.6. The molecule has 0 heterocycles. The molecule has 19 heavy (non-hydrogen) atoms. The van der Waals surface area contributed by atoms with Gasteiger partial charge in [-0.3, -0.25) is 4.79 Å². The Morgan fingerprint density at radius 3 is 2.16 bits per heavy atom. The van der Waals surface area contributed by atoms with Crippen molar-refractivity contribution in [3.8, 4) is 0 Å². The van der Waals surface area contributed by atoms with Gasteiger partial charge in [0.05, 0.1) is 16.9 Å². The average Bonchev–Trinajstić information content (AvgIpc) is 2.38. The van der Waals surface area contributed by atoms with Gasteiger partial charge in [0.1, 0.15) is 0 Å². The first kappa shape index (κ1) is 15.3. The number of hydrogen-bond donors (Lipinski definition) is 3. The number of benzene rings is 1. The van der Waals surface area contributed by atoms with E-state index in [0.29, 0.717) is 16.9 Å². The molecule has 4 heteroatoms. The molecule has 0 fully saturated rings. The van der Waals surface area contributed by atoms with Gasteiger partial charge in [0, 0.05) is 0 Å². The zero-order valence-electron chi connectivity index (χ0n) is 12.0. The fraction of sp³-hybridized carbons (Fsp3) is 0.533. The van der Waals surface area contributed by atoms with E-state index in [1.807, 2.05) is 6.07 Å². The Morgan fingerprint density at radius 2 is 1.63 bits per heavy atom. The van der Waals surface area contributed by atoms with Gasteiger partial charge >= 0.3 is 0 Å². The number of anilines is 2. The number of nitrogens with two attached hydrogens (primary N) is 3. The minimum absolute atomic E-state index is 0.332. The van der Waals surface area contributed by atoms with E-state index in [0.717, 1.165) is 49.7 Å². The van der Waals surface area contributed by atoms with Crippen LogP contribution >= 0.6 is 0 Å². The van der Waals surface area contributed by atoms with Crippen LogP contribution in [0.4, 0.5) is 11.4 Å². The molecule has 0 saturated heterocycles. The third-order valence-electron chi connectivity index (χ3n) is 3.46. The molecule has 0 aliphatic carbocycles. The number of hydrogen-bond acceptors (Lipinski definition) is 3. The van der Waals surface area contributed by atoms with Crippen LogP contribution < -0.4 is 17.2 Å². The molecule has 0 aromatic heterocycles. The highest BCUT2D eigenvalue weighted by atomic mass is 16.1. The zero-order valence-corrected chi connectivity index (χ0v) is 12.0. The van der Waals surface area contributed by atoms with Crippen molar-refractivity contribution in [3.05, 3.63) is 22.8 Å². The molecule has 106 valence electrons. The molecule has 0 aliphatic rings. The Labute approximate surface area is 115 Å². The molecule has 1 rings (SSSR count). The highest BCUT2D eigenvalue weighted by Crippen LogP contribution is 2.30. The summed E-state index contributed by atoms with van der Waals surface area (Å²) in [6.07, 6.45) is 6.16. The second-order valence-corrected chi connectivity index (χ2v) is 4.96. The molecule has 0 aliphatic heterocycles. The summed E-state index contributed by atoms with van der Waals surface area (Å²) < 4.78 is 0. The lowest BCUT2D eigenvalue weighted by Crippen LogP contribution is -2.17. The highest BCUT2D eigenvalue weighted by molar-refractivity contribution is 6.01. The van der Waals surface area contributed by atoms with Crippen molar-refractivity contribution in [1.29, 1.82) is 0 Å². The van der Waals surface area contributed by atoms with E-state index in [1.165, 1.54) is 0 Å². The van der Waals surface area contributed by atoms with Gasteiger partial charge in [-0.05, 0) is 42.9 Å². The Morgan fingerprint density at radius 1 is 1.05 bits per heavy atom. The third-order valence-corrected chi connectivity index (χ3v) is 3.46. The maximum absolute atomic E-state index is 11.4. The number of aryl methyl sites for hydroxylation is 1. The molecule has 0 radical (unpaired) electrons. The molecule has 6 N–H and O–H groups in total. The Kier molecular flexibility index (Phi) is 5.67. The highest BCUT2D eigenvalue weighted by Gasteiger charge is 2.16. The van der Waals surface area contributed by atoms with Crippen LogP contribution in [0.25, 0.3) is 0 Å². The van der Waals surface area contributed by atoms with Crippen molar-refractivity contribution < 1.29 is 4.79 Å². The van der Waals surface area contributed by atoms with Crippen molar-refractivity contribution >= 4 is 17.3 Å². The largest absolute Gasteiger partial charge is 0.397 e. The SMILES string of the molecule is CCCCc1cc(C(N)=O)c(N)c(N)c1CCCC. The van der Waals surface area contributed by atoms with Crippen molar-refractivity contribution in [3.63, 3.8) is 0 Å². The molecule has 1 amide bonds. The molecule has 1 aromatic rings. The van der Waals surface area contributed by atoms with Gasteiger partial charge in [-0.2, -0.15) is 0 Å². The van der Waals surface area contributed by atoms with E-state index < -0.39 is 5.91 Å². The fourth-order valence-corrected chi connectivity index (χ4v) is 2.26. The van der Waals surface area contributed by atoms with Gasteiger partial charge in [-0.15, -0.1) is 0 Å². The zero-order chi connectivity index (χ0) is 14.4. The summed E-state index contributed by atoms with van der Waals surface area (Å²) in [6, 6.07) is 1.83. The van der Waals surface area contributed by atoms with Crippen LogP contribution in [0, 0.1) is 0 Å². The van der Waals surface area contributed by atoms with Gasteiger partial charge in [0.15, 0.2) is 0 Å². The average molecular weight is 263 g/mol. The number of primary amides is 1. The fourth-order valence-electron chi connectivity index (χ4n) is 2.26. The standard InChI is InChI=1S/C15H25N3O/c1-3-5-7-10-9-12(15(18)19)14(17)13(16)11(10)8-6-4-2/h9H,3-8,16-17H2,1-2H3,(H2,18,19). The molecule has 0 atom stereocenters.